The molecule has 2 aliphatic rings. The molecule has 142 valence electrons. The number of halogens is 1. The van der Waals surface area contributed by atoms with Gasteiger partial charge in [0.15, 0.2) is 0 Å². The Kier molecular flexibility index (Phi) is 6.16. The molecular weight excluding hydrogens is 341 g/mol. The first-order chi connectivity index (χ1) is 12.6. The van der Waals surface area contributed by atoms with E-state index in [-0.39, 0.29) is 36.2 Å². The highest BCUT2D eigenvalue weighted by molar-refractivity contribution is 5.82. The lowest BCUT2D eigenvalue weighted by atomic mass is 9.82. The maximum atomic E-state index is 13.0. The molecular formula is C18H24FN3O4. The van der Waals surface area contributed by atoms with Crippen LogP contribution in [0, 0.1) is 17.7 Å². The first kappa shape index (κ1) is 18.7. The summed E-state index contributed by atoms with van der Waals surface area (Å²) in [5.41, 5.74) is 0.506. The molecule has 3 rings (SSSR count). The minimum absolute atomic E-state index is 0.0695. The molecule has 0 unspecified atom stereocenters. The molecule has 7 nitrogen and oxygen atoms in total. The summed E-state index contributed by atoms with van der Waals surface area (Å²) in [5.74, 6) is -0.800. The number of piperidine rings is 1. The number of hydrogen-bond donors (Lipinski definition) is 1. The Balaban J connectivity index is 1.64. The van der Waals surface area contributed by atoms with Gasteiger partial charge in [0, 0.05) is 45.0 Å². The first-order valence-electron chi connectivity index (χ1n) is 8.85. The summed E-state index contributed by atoms with van der Waals surface area (Å²) in [6.45, 7) is 2.34. The molecule has 0 saturated carbocycles. The van der Waals surface area contributed by atoms with Crippen molar-refractivity contribution in [2.45, 2.75) is 18.9 Å². The Morgan fingerprint density at radius 1 is 1.42 bits per heavy atom. The van der Waals surface area contributed by atoms with Crippen molar-refractivity contribution in [3.8, 4) is 0 Å². The van der Waals surface area contributed by atoms with E-state index in [1.54, 1.807) is 12.0 Å². The Morgan fingerprint density at radius 3 is 3.00 bits per heavy atom. The third-order valence-electron chi connectivity index (χ3n) is 5.01. The van der Waals surface area contributed by atoms with E-state index in [4.69, 9.17) is 9.47 Å². The van der Waals surface area contributed by atoms with Crippen LogP contribution in [0.25, 0.3) is 0 Å². The van der Waals surface area contributed by atoms with Gasteiger partial charge in [0.05, 0.1) is 31.2 Å². The summed E-state index contributed by atoms with van der Waals surface area (Å²) in [5, 5.41) is 2.87. The highest BCUT2D eigenvalue weighted by atomic mass is 19.1. The van der Waals surface area contributed by atoms with E-state index >= 15 is 0 Å². The number of pyridine rings is 1. The second-order valence-electron chi connectivity index (χ2n) is 6.70. The number of hydrogen-bond acceptors (Lipinski definition) is 5. The number of likely N-dealkylation sites (tertiary alicyclic amines) is 1. The summed E-state index contributed by atoms with van der Waals surface area (Å²) in [6, 6.07) is 2.79. The zero-order chi connectivity index (χ0) is 18.5. The van der Waals surface area contributed by atoms with E-state index in [2.05, 4.69) is 10.3 Å². The fourth-order valence-electron chi connectivity index (χ4n) is 3.64. The van der Waals surface area contributed by atoms with Crippen LogP contribution in [-0.2, 0) is 25.5 Å². The molecule has 2 saturated heterocycles. The topological polar surface area (TPSA) is 80.8 Å². The molecule has 0 aromatic carbocycles. The van der Waals surface area contributed by atoms with Crippen LogP contribution in [0.5, 0.6) is 0 Å². The van der Waals surface area contributed by atoms with Crippen molar-refractivity contribution in [3.63, 3.8) is 0 Å². The van der Waals surface area contributed by atoms with Crippen molar-refractivity contribution in [2.24, 2.45) is 11.8 Å². The maximum absolute atomic E-state index is 13.0. The summed E-state index contributed by atoms with van der Waals surface area (Å²) in [6.07, 6.45) is 1.89. The number of fused-ring (bicyclic) bond motifs is 1. The molecule has 8 heteroatoms. The van der Waals surface area contributed by atoms with Gasteiger partial charge in [-0.1, -0.05) is 0 Å². The van der Waals surface area contributed by atoms with Gasteiger partial charge in [-0.3, -0.25) is 14.6 Å². The van der Waals surface area contributed by atoms with E-state index in [9.17, 15) is 14.0 Å². The fourth-order valence-corrected chi connectivity index (χ4v) is 3.64. The molecule has 0 radical (unpaired) electrons. The van der Waals surface area contributed by atoms with E-state index < -0.39 is 5.82 Å². The fraction of sp³-hybridized carbons (Fsp3) is 0.611. The minimum Gasteiger partial charge on any atom is -0.383 e. The molecule has 1 aromatic heterocycles. The standard InChI is InChI=1S/C18H24FN3O4/c1-25-7-5-20-18(24)15-10-22(11-16-14(15)4-6-26-16)17(23)8-13-3-2-12(19)9-21-13/h2-3,9,14-16H,4-8,10-11H2,1H3,(H,20,24)/t14-,15+,16+/m0/s1. The van der Waals surface area contributed by atoms with Crippen LogP contribution in [0.2, 0.25) is 0 Å². The number of nitrogens with zero attached hydrogens (tertiary/aromatic N) is 2. The van der Waals surface area contributed by atoms with E-state index in [0.717, 1.165) is 12.6 Å². The van der Waals surface area contributed by atoms with Gasteiger partial charge in [0.1, 0.15) is 5.82 Å². The number of carbonyl (C=O) groups is 2. The second kappa shape index (κ2) is 8.55. The molecule has 0 spiro atoms. The average Bonchev–Trinajstić information content (AvgIpc) is 3.11. The normalized spacial score (nSPS) is 25.0. The number of ether oxygens (including phenoxy) is 2. The van der Waals surface area contributed by atoms with Crippen molar-refractivity contribution in [1.82, 2.24) is 15.2 Å². The SMILES string of the molecule is COCCNC(=O)[C@@H]1CN(C(=O)Cc2ccc(F)cn2)C[C@H]2OCC[C@H]21. The van der Waals surface area contributed by atoms with Gasteiger partial charge in [0.2, 0.25) is 11.8 Å². The Bertz CT molecular complexity index is 640. The van der Waals surface area contributed by atoms with E-state index in [0.29, 0.717) is 38.5 Å². The Labute approximate surface area is 151 Å². The predicted octanol–water partition coefficient (Wildman–Crippen LogP) is 0.389. The number of methoxy groups -OCH3 is 1. The van der Waals surface area contributed by atoms with Crippen LogP contribution >= 0.6 is 0 Å². The van der Waals surface area contributed by atoms with Gasteiger partial charge in [-0.25, -0.2) is 4.39 Å². The molecule has 2 aliphatic heterocycles. The third-order valence-corrected chi connectivity index (χ3v) is 5.01. The van der Waals surface area contributed by atoms with Crippen molar-refractivity contribution in [1.29, 1.82) is 0 Å². The molecule has 1 N–H and O–H groups in total. The zero-order valence-corrected chi connectivity index (χ0v) is 14.8. The number of amides is 2. The Morgan fingerprint density at radius 2 is 2.27 bits per heavy atom. The third kappa shape index (κ3) is 4.37. The monoisotopic (exact) mass is 365 g/mol. The van der Waals surface area contributed by atoms with Gasteiger partial charge >= 0.3 is 0 Å². The molecule has 3 atom stereocenters. The van der Waals surface area contributed by atoms with Crippen LogP contribution in [-0.4, -0.2) is 67.8 Å². The minimum atomic E-state index is -0.436. The van der Waals surface area contributed by atoms with E-state index in [1.807, 2.05) is 0 Å². The molecule has 3 heterocycles. The predicted molar refractivity (Wildman–Crippen MR) is 90.7 cm³/mol. The second-order valence-corrected chi connectivity index (χ2v) is 6.70. The number of carbonyl (C=O) groups excluding carboxylic acids is 2. The summed E-state index contributed by atoms with van der Waals surface area (Å²) < 4.78 is 23.7. The van der Waals surface area contributed by atoms with E-state index in [1.165, 1.54) is 12.1 Å². The van der Waals surface area contributed by atoms with Crippen molar-refractivity contribution >= 4 is 11.8 Å². The van der Waals surface area contributed by atoms with Gasteiger partial charge in [0.25, 0.3) is 0 Å². The summed E-state index contributed by atoms with van der Waals surface area (Å²) in [7, 11) is 1.58. The van der Waals surface area contributed by atoms with Crippen LogP contribution < -0.4 is 5.32 Å². The van der Waals surface area contributed by atoms with Gasteiger partial charge in [-0.05, 0) is 18.6 Å². The van der Waals surface area contributed by atoms with Gasteiger partial charge in [-0.2, -0.15) is 0 Å². The van der Waals surface area contributed by atoms with Crippen LogP contribution in [0.15, 0.2) is 18.3 Å². The number of rotatable bonds is 6. The molecule has 26 heavy (non-hydrogen) atoms. The van der Waals surface area contributed by atoms with Crippen LogP contribution in [0.3, 0.4) is 0 Å². The molecule has 2 amide bonds. The van der Waals surface area contributed by atoms with Gasteiger partial charge in [-0.15, -0.1) is 0 Å². The lowest BCUT2D eigenvalue weighted by molar-refractivity contribution is -0.141. The molecule has 2 fully saturated rings. The quantitative estimate of drug-likeness (QED) is 0.738. The first-order valence-corrected chi connectivity index (χ1v) is 8.85. The smallest absolute Gasteiger partial charge is 0.228 e. The van der Waals surface area contributed by atoms with Crippen LogP contribution in [0.1, 0.15) is 12.1 Å². The summed E-state index contributed by atoms with van der Waals surface area (Å²) >= 11 is 0. The highest BCUT2D eigenvalue weighted by Gasteiger charge is 2.44. The molecule has 1 aromatic rings. The molecule has 0 aliphatic carbocycles. The molecule has 0 bridgehead atoms. The highest BCUT2D eigenvalue weighted by Crippen LogP contribution is 2.34. The lowest BCUT2D eigenvalue weighted by Gasteiger charge is -2.39. The number of aromatic nitrogens is 1. The zero-order valence-electron chi connectivity index (χ0n) is 14.8. The Hall–Kier alpha value is -2.06. The number of nitrogens with one attached hydrogen (secondary N) is 1. The van der Waals surface area contributed by atoms with Crippen molar-refractivity contribution in [2.75, 3.05) is 40.0 Å². The summed E-state index contributed by atoms with van der Waals surface area (Å²) in [4.78, 5) is 30.8. The van der Waals surface area contributed by atoms with Crippen molar-refractivity contribution in [3.05, 3.63) is 29.8 Å². The maximum Gasteiger partial charge on any atom is 0.228 e. The van der Waals surface area contributed by atoms with Crippen molar-refractivity contribution < 1.29 is 23.5 Å². The van der Waals surface area contributed by atoms with Crippen LogP contribution in [0.4, 0.5) is 4.39 Å². The average molecular weight is 365 g/mol. The largest absolute Gasteiger partial charge is 0.383 e. The van der Waals surface area contributed by atoms with Gasteiger partial charge < -0.3 is 19.7 Å². The lowest BCUT2D eigenvalue weighted by Crippen LogP contribution is -2.54.